The Morgan fingerprint density at radius 2 is 1.79 bits per heavy atom. The van der Waals surface area contributed by atoms with Crippen LogP contribution < -0.4 is 15.4 Å². The second kappa shape index (κ2) is 8.45. The largest absolute Gasteiger partial charge is 0.457 e. The second-order valence-electron chi connectivity index (χ2n) is 7.35. The van der Waals surface area contributed by atoms with E-state index in [1.165, 1.54) is 19.1 Å². The standard InChI is InChI=1S/C23H20F3N5O2/c1-13-29-30-22-20(27-3)10-15(12-31(13)22)19-11-17(28-14(2)32)6-9-21(19)33-18-7-4-16(5-8-18)23(24,25)26/h4-12,27H,1-3H3,(H,28,32). The Balaban J connectivity index is 1.81. The quantitative estimate of drug-likeness (QED) is 0.415. The third-order valence-electron chi connectivity index (χ3n) is 4.96. The number of nitrogens with one attached hydrogen (secondary N) is 2. The van der Waals surface area contributed by atoms with E-state index in [1.807, 2.05) is 23.6 Å². The van der Waals surface area contributed by atoms with Crippen molar-refractivity contribution >= 4 is 22.9 Å². The van der Waals surface area contributed by atoms with E-state index in [1.54, 1.807) is 25.2 Å². The fraction of sp³-hybridized carbons (Fsp3) is 0.174. The number of hydrogen-bond donors (Lipinski definition) is 2. The number of carbonyl (C=O) groups excluding carboxylic acids is 1. The van der Waals surface area contributed by atoms with E-state index >= 15 is 0 Å². The molecule has 7 nitrogen and oxygen atoms in total. The molecule has 0 saturated carbocycles. The number of hydrogen-bond acceptors (Lipinski definition) is 5. The minimum absolute atomic E-state index is 0.238. The number of pyridine rings is 1. The van der Waals surface area contributed by atoms with Gasteiger partial charge in [0.1, 0.15) is 17.3 Å². The van der Waals surface area contributed by atoms with Crippen LogP contribution in [0.4, 0.5) is 24.5 Å². The number of amides is 1. The molecule has 1 amide bonds. The van der Waals surface area contributed by atoms with Crippen molar-refractivity contribution in [1.29, 1.82) is 0 Å². The Labute approximate surface area is 187 Å². The second-order valence-corrected chi connectivity index (χ2v) is 7.35. The van der Waals surface area contributed by atoms with Gasteiger partial charge in [0.2, 0.25) is 5.91 Å². The number of fused-ring (bicyclic) bond motifs is 1. The molecule has 0 fully saturated rings. The molecule has 2 aromatic carbocycles. The molecule has 0 aliphatic heterocycles. The van der Waals surface area contributed by atoms with E-state index in [9.17, 15) is 18.0 Å². The average molecular weight is 455 g/mol. The first-order valence-electron chi connectivity index (χ1n) is 9.96. The third-order valence-corrected chi connectivity index (χ3v) is 4.96. The molecule has 33 heavy (non-hydrogen) atoms. The predicted octanol–water partition coefficient (Wildman–Crippen LogP) is 5.52. The summed E-state index contributed by atoms with van der Waals surface area (Å²) in [6.07, 6.45) is -2.60. The van der Waals surface area contributed by atoms with Gasteiger partial charge in [-0.25, -0.2) is 0 Å². The monoisotopic (exact) mass is 455 g/mol. The summed E-state index contributed by atoms with van der Waals surface area (Å²) in [5.41, 5.74) is 2.49. The molecule has 170 valence electrons. The van der Waals surface area contributed by atoms with Crippen LogP contribution in [-0.2, 0) is 11.0 Å². The highest BCUT2D eigenvalue weighted by atomic mass is 19.4. The van der Waals surface area contributed by atoms with Crippen molar-refractivity contribution in [1.82, 2.24) is 14.6 Å². The van der Waals surface area contributed by atoms with Gasteiger partial charge in [-0.3, -0.25) is 9.20 Å². The Kier molecular flexibility index (Phi) is 5.67. The maximum atomic E-state index is 12.9. The van der Waals surface area contributed by atoms with Crippen molar-refractivity contribution in [3.05, 3.63) is 66.1 Å². The molecule has 0 unspecified atom stereocenters. The highest BCUT2D eigenvalue weighted by Crippen LogP contribution is 2.38. The molecular weight excluding hydrogens is 435 g/mol. The van der Waals surface area contributed by atoms with Gasteiger partial charge in [-0.2, -0.15) is 13.2 Å². The van der Waals surface area contributed by atoms with Crippen molar-refractivity contribution in [2.24, 2.45) is 0 Å². The number of nitrogens with zero attached hydrogens (tertiary/aromatic N) is 3. The van der Waals surface area contributed by atoms with Crippen LogP contribution in [-0.4, -0.2) is 27.6 Å². The maximum absolute atomic E-state index is 12.9. The molecule has 0 saturated heterocycles. The summed E-state index contributed by atoms with van der Waals surface area (Å²) in [4.78, 5) is 11.6. The zero-order valence-corrected chi connectivity index (χ0v) is 18.0. The number of aryl methyl sites for hydroxylation is 1. The van der Waals surface area contributed by atoms with Gasteiger partial charge in [-0.1, -0.05) is 0 Å². The molecule has 0 bridgehead atoms. The van der Waals surface area contributed by atoms with Crippen LogP contribution in [0.15, 0.2) is 54.7 Å². The molecule has 2 heterocycles. The summed E-state index contributed by atoms with van der Waals surface area (Å²) in [5, 5.41) is 14.1. The fourth-order valence-corrected chi connectivity index (χ4v) is 3.40. The van der Waals surface area contributed by atoms with Gasteiger partial charge >= 0.3 is 6.18 Å². The average Bonchev–Trinajstić information content (AvgIpc) is 3.14. The molecule has 0 aliphatic carbocycles. The van der Waals surface area contributed by atoms with E-state index in [0.717, 1.165) is 23.4 Å². The number of halogens is 3. The van der Waals surface area contributed by atoms with E-state index < -0.39 is 11.7 Å². The normalized spacial score (nSPS) is 11.5. The van der Waals surface area contributed by atoms with Crippen LogP contribution >= 0.6 is 0 Å². The lowest BCUT2D eigenvalue weighted by Crippen LogP contribution is -2.06. The summed E-state index contributed by atoms with van der Waals surface area (Å²) in [6.45, 7) is 3.22. The molecule has 0 atom stereocenters. The SMILES string of the molecule is CNc1cc(-c2cc(NC(C)=O)ccc2Oc2ccc(C(F)(F)F)cc2)cn2c(C)nnc12. The minimum Gasteiger partial charge on any atom is -0.457 e. The van der Waals surface area contributed by atoms with Gasteiger partial charge in [0, 0.05) is 37.0 Å². The van der Waals surface area contributed by atoms with Crippen LogP contribution in [0.3, 0.4) is 0 Å². The first-order chi connectivity index (χ1) is 15.7. The molecule has 0 radical (unpaired) electrons. The van der Waals surface area contributed by atoms with Gasteiger partial charge in [0.25, 0.3) is 0 Å². The van der Waals surface area contributed by atoms with Gasteiger partial charge in [0.15, 0.2) is 5.65 Å². The lowest BCUT2D eigenvalue weighted by atomic mass is 10.0. The number of rotatable bonds is 5. The van der Waals surface area contributed by atoms with E-state index in [4.69, 9.17) is 4.74 Å². The lowest BCUT2D eigenvalue weighted by molar-refractivity contribution is -0.137. The zero-order valence-electron chi connectivity index (χ0n) is 18.0. The maximum Gasteiger partial charge on any atom is 0.416 e. The van der Waals surface area contributed by atoms with Gasteiger partial charge in [0.05, 0.1) is 11.3 Å². The number of alkyl halides is 3. The molecular formula is C23H20F3N5O2. The molecule has 4 aromatic rings. The Bertz CT molecular complexity index is 1330. The molecule has 10 heteroatoms. The van der Waals surface area contributed by atoms with Crippen LogP contribution in [0.2, 0.25) is 0 Å². The lowest BCUT2D eigenvalue weighted by Gasteiger charge is -2.15. The molecule has 2 aromatic heterocycles. The number of carbonyl (C=O) groups is 1. The summed E-state index contributed by atoms with van der Waals surface area (Å²) in [7, 11) is 1.76. The van der Waals surface area contributed by atoms with Crippen LogP contribution in [0.1, 0.15) is 18.3 Å². The van der Waals surface area contributed by atoms with Crippen molar-refractivity contribution < 1.29 is 22.7 Å². The van der Waals surface area contributed by atoms with Gasteiger partial charge in [-0.05, 0) is 55.5 Å². The van der Waals surface area contributed by atoms with Gasteiger partial charge < -0.3 is 15.4 Å². The highest BCUT2D eigenvalue weighted by Gasteiger charge is 2.30. The minimum atomic E-state index is -4.43. The van der Waals surface area contributed by atoms with Crippen LogP contribution in [0, 0.1) is 6.92 Å². The van der Waals surface area contributed by atoms with Crippen LogP contribution in [0.5, 0.6) is 11.5 Å². The Hall–Kier alpha value is -4.08. The molecule has 0 spiro atoms. The Morgan fingerprint density at radius 1 is 1.06 bits per heavy atom. The van der Waals surface area contributed by atoms with Crippen LogP contribution in [0.25, 0.3) is 16.8 Å². The fourth-order valence-electron chi connectivity index (χ4n) is 3.40. The van der Waals surface area contributed by atoms with Crippen molar-refractivity contribution in [2.45, 2.75) is 20.0 Å². The zero-order chi connectivity index (χ0) is 23.8. The molecule has 0 aliphatic rings. The summed E-state index contributed by atoms with van der Waals surface area (Å²) in [5.74, 6) is 1.08. The predicted molar refractivity (Wildman–Crippen MR) is 119 cm³/mol. The first kappa shape index (κ1) is 22.1. The van der Waals surface area contributed by atoms with Crippen molar-refractivity contribution in [3.8, 4) is 22.6 Å². The van der Waals surface area contributed by atoms with E-state index in [2.05, 4.69) is 20.8 Å². The summed E-state index contributed by atoms with van der Waals surface area (Å²) < 4.78 is 46.4. The molecule has 2 N–H and O–H groups in total. The van der Waals surface area contributed by atoms with E-state index in [0.29, 0.717) is 28.5 Å². The smallest absolute Gasteiger partial charge is 0.416 e. The van der Waals surface area contributed by atoms with Crippen molar-refractivity contribution in [2.75, 3.05) is 17.7 Å². The number of aromatic nitrogens is 3. The Morgan fingerprint density at radius 3 is 2.42 bits per heavy atom. The number of benzene rings is 2. The molecule has 4 rings (SSSR count). The highest BCUT2D eigenvalue weighted by molar-refractivity contribution is 5.90. The van der Waals surface area contributed by atoms with Crippen molar-refractivity contribution in [3.63, 3.8) is 0 Å². The summed E-state index contributed by atoms with van der Waals surface area (Å²) in [6, 6.07) is 11.4. The van der Waals surface area contributed by atoms with E-state index in [-0.39, 0.29) is 11.7 Å². The third kappa shape index (κ3) is 4.59. The first-order valence-corrected chi connectivity index (χ1v) is 9.96. The summed E-state index contributed by atoms with van der Waals surface area (Å²) >= 11 is 0. The number of ether oxygens (including phenoxy) is 1. The number of anilines is 2. The topological polar surface area (TPSA) is 80.5 Å². The van der Waals surface area contributed by atoms with Gasteiger partial charge in [-0.15, -0.1) is 10.2 Å².